The van der Waals surface area contributed by atoms with Gasteiger partial charge in [-0.05, 0) is 24.8 Å². The Labute approximate surface area is 131 Å². The molecule has 2 heterocycles. The van der Waals surface area contributed by atoms with E-state index in [9.17, 15) is 4.79 Å². The van der Waals surface area contributed by atoms with Gasteiger partial charge in [0, 0.05) is 10.5 Å². The van der Waals surface area contributed by atoms with E-state index in [4.69, 9.17) is 14.2 Å². The molecular weight excluding hydrogens is 304 g/mol. The number of hydrogen-bond donors (Lipinski definition) is 0. The Morgan fingerprint density at radius 1 is 1.18 bits per heavy atom. The smallest absolute Gasteiger partial charge is 0.340 e. The van der Waals surface area contributed by atoms with E-state index in [-0.39, 0.29) is 12.1 Å². The van der Waals surface area contributed by atoms with E-state index in [1.807, 2.05) is 25.1 Å². The number of carbonyl (C=O) groups excluding carboxylic acids is 1. The van der Waals surface area contributed by atoms with Crippen LogP contribution in [0.4, 0.5) is 0 Å². The van der Waals surface area contributed by atoms with Crippen molar-refractivity contribution in [3.8, 4) is 11.8 Å². The third kappa shape index (κ3) is 2.59. The molecule has 7 heteroatoms. The molecule has 1 aliphatic rings. The maximum atomic E-state index is 12.0. The van der Waals surface area contributed by atoms with Crippen LogP contribution in [0.5, 0.6) is 11.8 Å². The quantitative estimate of drug-likeness (QED) is 0.634. The van der Waals surface area contributed by atoms with Crippen LogP contribution >= 0.6 is 11.8 Å². The van der Waals surface area contributed by atoms with E-state index in [1.165, 1.54) is 26.0 Å². The van der Waals surface area contributed by atoms with Gasteiger partial charge in [0.05, 0.1) is 25.8 Å². The molecule has 0 aliphatic carbocycles. The third-order valence-corrected chi connectivity index (χ3v) is 4.19. The highest BCUT2D eigenvalue weighted by Gasteiger charge is 2.30. The number of benzene rings is 1. The minimum atomic E-state index is -0.319. The number of aromatic nitrogens is 2. The number of rotatable bonds is 4. The maximum absolute atomic E-state index is 12.0. The predicted octanol–water partition coefficient (Wildman–Crippen LogP) is 2.88. The molecule has 6 nitrogen and oxygen atoms in total. The second kappa shape index (κ2) is 5.84. The van der Waals surface area contributed by atoms with E-state index in [2.05, 4.69) is 9.97 Å². The second-order valence-electron chi connectivity index (χ2n) is 4.61. The fraction of sp³-hybridized carbons (Fsp3) is 0.267. The fourth-order valence-electron chi connectivity index (χ4n) is 2.21. The summed E-state index contributed by atoms with van der Waals surface area (Å²) in [6.45, 7) is 1.85. The monoisotopic (exact) mass is 318 g/mol. The average molecular weight is 318 g/mol. The highest BCUT2D eigenvalue weighted by atomic mass is 32.2. The van der Waals surface area contributed by atoms with Gasteiger partial charge in [0.25, 0.3) is 0 Å². The number of esters is 1. The van der Waals surface area contributed by atoms with E-state index in [1.54, 1.807) is 6.07 Å². The van der Waals surface area contributed by atoms with Crippen LogP contribution in [0.15, 0.2) is 34.3 Å². The van der Waals surface area contributed by atoms with Crippen LogP contribution < -0.4 is 9.47 Å². The second-order valence-corrected chi connectivity index (χ2v) is 5.61. The van der Waals surface area contributed by atoms with Gasteiger partial charge in [-0.1, -0.05) is 12.1 Å². The summed E-state index contributed by atoms with van der Waals surface area (Å²) in [5, 5.41) is 0.442. The van der Waals surface area contributed by atoms with Crippen LogP contribution in [0, 0.1) is 0 Å². The predicted molar refractivity (Wildman–Crippen MR) is 79.5 cm³/mol. The van der Waals surface area contributed by atoms with Crippen molar-refractivity contribution >= 4 is 17.7 Å². The molecule has 0 radical (unpaired) electrons. The molecule has 2 aromatic rings. The molecule has 0 saturated heterocycles. The van der Waals surface area contributed by atoms with Crippen molar-refractivity contribution in [2.24, 2.45) is 0 Å². The summed E-state index contributed by atoms with van der Waals surface area (Å²) >= 11 is 1.27. The van der Waals surface area contributed by atoms with Crippen molar-refractivity contribution in [1.82, 2.24) is 9.97 Å². The summed E-state index contributed by atoms with van der Waals surface area (Å²) in [4.78, 5) is 21.3. The lowest BCUT2D eigenvalue weighted by atomic mass is 10.1. The van der Waals surface area contributed by atoms with Crippen molar-refractivity contribution in [2.45, 2.75) is 23.1 Å². The molecule has 0 fully saturated rings. The average Bonchev–Trinajstić information content (AvgIpc) is 2.82. The molecule has 0 amide bonds. The molecule has 1 aromatic carbocycles. The van der Waals surface area contributed by atoms with Gasteiger partial charge in [-0.25, -0.2) is 4.79 Å². The Morgan fingerprint density at radius 2 is 1.86 bits per heavy atom. The van der Waals surface area contributed by atoms with Gasteiger partial charge in [0.15, 0.2) is 5.16 Å². The van der Waals surface area contributed by atoms with Crippen LogP contribution in [-0.2, 0) is 4.74 Å². The normalized spacial score (nSPS) is 16.1. The molecule has 1 atom stereocenters. The van der Waals surface area contributed by atoms with Crippen LogP contribution in [0.25, 0.3) is 0 Å². The zero-order chi connectivity index (χ0) is 15.7. The molecule has 1 aliphatic heterocycles. The minimum Gasteiger partial charge on any atom is -0.481 e. The third-order valence-electron chi connectivity index (χ3n) is 3.26. The van der Waals surface area contributed by atoms with Crippen LogP contribution in [0.1, 0.15) is 28.9 Å². The molecule has 0 saturated carbocycles. The van der Waals surface area contributed by atoms with Gasteiger partial charge in [-0.15, -0.1) is 0 Å². The summed E-state index contributed by atoms with van der Waals surface area (Å²) in [7, 11) is 3.05. The van der Waals surface area contributed by atoms with Crippen LogP contribution in [0.2, 0.25) is 0 Å². The zero-order valence-electron chi connectivity index (χ0n) is 12.3. The lowest BCUT2D eigenvalue weighted by Gasteiger charge is -2.07. The van der Waals surface area contributed by atoms with Crippen molar-refractivity contribution < 1.29 is 19.0 Å². The zero-order valence-corrected chi connectivity index (χ0v) is 13.1. The molecule has 1 aromatic heterocycles. The standard InChI is InChI=1S/C15H14N2O4S/c1-8-9-5-4-6-10(13(9)14(18)21-8)22-15-16-11(19-2)7-12(17-15)20-3/h4-8H,1-3H3. The first-order valence-electron chi connectivity index (χ1n) is 6.61. The summed E-state index contributed by atoms with van der Waals surface area (Å²) in [5.74, 6) is 0.483. The molecular formula is C15H14N2O4S. The lowest BCUT2D eigenvalue weighted by molar-refractivity contribution is 0.0419. The highest BCUT2D eigenvalue weighted by Crippen LogP contribution is 2.38. The molecule has 1 unspecified atom stereocenters. The van der Waals surface area contributed by atoms with Gasteiger partial charge < -0.3 is 14.2 Å². The van der Waals surface area contributed by atoms with E-state index in [0.717, 1.165) is 10.5 Å². The van der Waals surface area contributed by atoms with E-state index in [0.29, 0.717) is 22.5 Å². The number of nitrogens with zero attached hydrogens (tertiary/aromatic N) is 2. The topological polar surface area (TPSA) is 70.5 Å². The SMILES string of the molecule is COc1cc(OC)nc(Sc2cccc3c2C(=O)OC3C)n1. The van der Waals surface area contributed by atoms with Crippen LogP contribution in [0.3, 0.4) is 0 Å². The number of methoxy groups -OCH3 is 2. The molecule has 0 spiro atoms. The van der Waals surface area contributed by atoms with Gasteiger partial charge >= 0.3 is 5.97 Å². The number of cyclic esters (lactones) is 1. The molecule has 0 bridgehead atoms. The molecule has 114 valence electrons. The van der Waals surface area contributed by atoms with Crippen molar-refractivity contribution in [3.63, 3.8) is 0 Å². The van der Waals surface area contributed by atoms with Gasteiger partial charge in [-0.3, -0.25) is 0 Å². The Morgan fingerprint density at radius 3 is 2.50 bits per heavy atom. The summed E-state index contributed by atoms with van der Waals surface area (Å²) in [6.07, 6.45) is -0.233. The van der Waals surface area contributed by atoms with E-state index < -0.39 is 0 Å². The number of hydrogen-bond acceptors (Lipinski definition) is 7. The lowest BCUT2D eigenvalue weighted by Crippen LogP contribution is -1.99. The largest absolute Gasteiger partial charge is 0.481 e. The first-order chi connectivity index (χ1) is 10.6. The summed E-state index contributed by atoms with van der Waals surface area (Å²) < 4.78 is 15.5. The number of carbonyl (C=O) groups is 1. The Kier molecular flexibility index (Phi) is 3.89. The first-order valence-corrected chi connectivity index (χ1v) is 7.43. The van der Waals surface area contributed by atoms with Crippen molar-refractivity contribution in [3.05, 3.63) is 35.4 Å². The van der Waals surface area contributed by atoms with Gasteiger partial charge in [0.2, 0.25) is 11.8 Å². The maximum Gasteiger partial charge on any atom is 0.340 e. The van der Waals surface area contributed by atoms with Crippen molar-refractivity contribution in [1.29, 1.82) is 0 Å². The van der Waals surface area contributed by atoms with Gasteiger partial charge in [-0.2, -0.15) is 9.97 Å². The minimum absolute atomic E-state index is 0.233. The van der Waals surface area contributed by atoms with Gasteiger partial charge in [0.1, 0.15) is 6.10 Å². The molecule has 0 N–H and O–H groups in total. The highest BCUT2D eigenvalue weighted by molar-refractivity contribution is 7.99. The molecule has 3 rings (SSSR count). The first kappa shape index (κ1) is 14.6. The number of ether oxygens (including phenoxy) is 3. The fourth-order valence-corrected chi connectivity index (χ4v) is 3.13. The van der Waals surface area contributed by atoms with Crippen LogP contribution in [-0.4, -0.2) is 30.2 Å². The molecule has 22 heavy (non-hydrogen) atoms. The summed E-state index contributed by atoms with van der Waals surface area (Å²) in [5.41, 5.74) is 1.45. The van der Waals surface area contributed by atoms with Crippen molar-refractivity contribution in [2.75, 3.05) is 14.2 Å². The summed E-state index contributed by atoms with van der Waals surface area (Å²) in [6, 6.07) is 7.22. The van der Waals surface area contributed by atoms with E-state index >= 15 is 0 Å². The Balaban J connectivity index is 2.00. The number of fused-ring (bicyclic) bond motifs is 1. The Hall–Kier alpha value is -2.28. The Bertz CT molecular complexity index is 713.